The number of nitrogens with zero attached hydrogens (tertiary/aromatic N) is 1. The molecule has 1 nitrogen and oxygen atoms in total. The van der Waals surface area contributed by atoms with Crippen molar-refractivity contribution in [2.45, 2.75) is 91.0 Å². The third-order valence-electron chi connectivity index (χ3n) is 3.90. The Morgan fingerprint density at radius 1 is 0.737 bits per heavy atom. The van der Waals surface area contributed by atoms with Crippen molar-refractivity contribution in [2.24, 2.45) is 0 Å². The maximum absolute atomic E-state index is 3.55. The van der Waals surface area contributed by atoms with E-state index in [0.29, 0.717) is 6.04 Å². The molecule has 0 aromatic rings. The number of unbranched alkanes of at least 4 members (excludes halogenated alkanes) is 9. The highest BCUT2D eigenvalue weighted by molar-refractivity contribution is 9.09. The van der Waals surface area contributed by atoms with Crippen molar-refractivity contribution in [1.82, 2.24) is 4.90 Å². The Morgan fingerprint density at radius 3 is 1.63 bits per heavy atom. The molecule has 0 radical (unpaired) electrons. The van der Waals surface area contributed by atoms with Gasteiger partial charge in [-0.05, 0) is 26.8 Å². The maximum atomic E-state index is 3.55. The highest BCUT2D eigenvalue weighted by Gasteiger charge is 2.07. The van der Waals surface area contributed by atoms with E-state index in [9.17, 15) is 0 Å². The molecular formula is C17H36BrN. The van der Waals surface area contributed by atoms with E-state index in [-0.39, 0.29) is 0 Å². The van der Waals surface area contributed by atoms with Crippen LogP contribution in [0, 0.1) is 0 Å². The highest BCUT2D eigenvalue weighted by atomic mass is 79.9. The quantitative estimate of drug-likeness (QED) is 0.278. The van der Waals surface area contributed by atoms with Crippen LogP contribution in [0.1, 0.15) is 85.0 Å². The van der Waals surface area contributed by atoms with E-state index in [1.54, 1.807) is 0 Å². The second-order valence-corrected chi connectivity index (χ2v) is 6.79. The van der Waals surface area contributed by atoms with Crippen LogP contribution in [-0.4, -0.2) is 29.4 Å². The minimum absolute atomic E-state index is 0.691. The van der Waals surface area contributed by atoms with Gasteiger partial charge in [0.2, 0.25) is 0 Å². The molecular weight excluding hydrogens is 298 g/mol. The van der Waals surface area contributed by atoms with Crippen LogP contribution in [0.4, 0.5) is 0 Å². The average Bonchev–Trinajstić information content (AvgIpc) is 2.39. The van der Waals surface area contributed by atoms with Crippen LogP contribution in [0.25, 0.3) is 0 Å². The predicted molar refractivity (Wildman–Crippen MR) is 92.3 cm³/mol. The molecule has 19 heavy (non-hydrogen) atoms. The Morgan fingerprint density at radius 2 is 1.21 bits per heavy atom. The van der Waals surface area contributed by atoms with Crippen LogP contribution in [0.2, 0.25) is 0 Å². The monoisotopic (exact) mass is 333 g/mol. The van der Waals surface area contributed by atoms with E-state index in [2.05, 4.69) is 41.6 Å². The van der Waals surface area contributed by atoms with E-state index < -0.39 is 0 Å². The van der Waals surface area contributed by atoms with Crippen molar-refractivity contribution in [2.75, 3.05) is 18.4 Å². The fourth-order valence-electron chi connectivity index (χ4n) is 2.54. The lowest BCUT2D eigenvalue weighted by Crippen LogP contribution is -2.33. The van der Waals surface area contributed by atoms with Crippen molar-refractivity contribution >= 4 is 15.9 Å². The van der Waals surface area contributed by atoms with Gasteiger partial charge < -0.3 is 4.90 Å². The van der Waals surface area contributed by atoms with Gasteiger partial charge in [-0.15, -0.1) is 0 Å². The van der Waals surface area contributed by atoms with Crippen LogP contribution in [-0.2, 0) is 0 Å². The van der Waals surface area contributed by atoms with Crippen molar-refractivity contribution < 1.29 is 0 Å². The topological polar surface area (TPSA) is 3.24 Å². The third-order valence-corrected chi connectivity index (χ3v) is 4.26. The molecule has 0 heterocycles. The van der Waals surface area contributed by atoms with Crippen LogP contribution in [0.15, 0.2) is 0 Å². The summed E-state index contributed by atoms with van der Waals surface area (Å²) in [4.78, 5) is 2.58. The van der Waals surface area contributed by atoms with Crippen LogP contribution < -0.4 is 0 Å². The minimum atomic E-state index is 0.691. The SMILES string of the molecule is CCCCCCCCCCCCN(CCBr)C(C)C. The van der Waals surface area contributed by atoms with Crippen molar-refractivity contribution in [3.05, 3.63) is 0 Å². The lowest BCUT2D eigenvalue weighted by atomic mass is 10.1. The number of hydrogen-bond donors (Lipinski definition) is 0. The first-order valence-electron chi connectivity index (χ1n) is 8.52. The van der Waals surface area contributed by atoms with Gasteiger partial charge in [-0.1, -0.05) is 80.6 Å². The minimum Gasteiger partial charge on any atom is -0.300 e. The van der Waals surface area contributed by atoms with Gasteiger partial charge in [0.1, 0.15) is 0 Å². The first-order valence-corrected chi connectivity index (χ1v) is 9.64. The number of alkyl halides is 1. The normalized spacial score (nSPS) is 11.7. The summed E-state index contributed by atoms with van der Waals surface area (Å²) in [5.74, 6) is 0. The second kappa shape index (κ2) is 14.8. The smallest absolute Gasteiger partial charge is 0.0159 e. The van der Waals surface area contributed by atoms with E-state index in [0.717, 1.165) is 5.33 Å². The molecule has 0 unspecified atom stereocenters. The summed E-state index contributed by atoms with van der Waals surface area (Å²) in [5.41, 5.74) is 0. The average molecular weight is 334 g/mol. The van der Waals surface area contributed by atoms with Gasteiger partial charge in [-0.2, -0.15) is 0 Å². The molecule has 0 saturated heterocycles. The Labute approximate surface area is 130 Å². The summed E-state index contributed by atoms with van der Waals surface area (Å²) in [6.45, 7) is 9.36. The molecule has 116 valence electrons. The van der Waals surface area contributed by atoms with Gasteiger partial charge >= 0.3 is 0 Å². The molecule has 0 atom stereocenters. The molecule has 0 rings (SSSR count). The highest BCUT2D eigenvalue weighted by Crippen LogP contribution is 2.11. The summed E-state index contributed by atoms with van der Waals surface area (Å²) in [5, 5.41) is 1.10. The fraction of sp³-hybridized carbons (Fsp3) is 1.00. The fourth-order valence-corrected chi connectivity index (χ4v) is 2.99. The number of halogens is 1. The molecule has 0 saturated carbocycles. The Hall–Kier alpha value is 0.440. The molecule has 0 aromatic heterocycles. The summed E-state index contributed by atoms with van der Waals surface area (Å²) in [6, 6.07) is 0.691. The van der Waals surface area contributed by atoms with E-state index in [1.807, 2.05) is 0 Å². The Kier molecular flexibility index (Phi) is 15.2. The molecule has 0 aliphatic rings. The Bertz CT molecular complexity index is 171. The zero-order valence-corrected chi connectivity index (χ0v) is 15.2. The van der Waals surface area contributed by atoms with E-state index in [4.69, 9.17) is 0 Å². The van der Waals surface area contributed by atoms with E-state index >= 15 is 0 Å². The van der Waals surface area contributed by atoms with Gasteiger partial charge in [0.25, 0.3) is 0 Å². The second-order valence-electron chi connectivity index (χ2n) is 6.00. The van der Waals surface area contributed by atoms with Crippen molar-refractivity contribution in [3.8, 4) is 0 Å². The van der Waals surface area contributed by atoms with Crippen LogP contribution >= 0.6 is 15.9 Å². The summed E-state index contributed by atoms with van der Waals surface area (Å²) < 4.78 is 0. The van der Waals surface area contributed by atoms with Crippen LogP contribution in [0.5, 0.6) is 0 Å². The molecule has 0 aliphatic heterocycles. The third kappa shape index (κ3) is 13.2. The van der Waals surface area contributed by atoms with E-state index in [1.165, 1.54) is 77.3 Å². The number of rotatable bonds is 14. The van der Waals surface area contributed by atoms with Gasteiger partial charge in [-0.3, -0.25) is 0 Å². The summed E-state index contributed by atoms with van der Waals surface area (Å²) in [7, 11) is 0. The van der Waals surface area contributed by atoms with Gasteiger partial charge in [0.15, 0.2) is 0 Å². The Balaban J connectivity index is 3.25. The van der Waals surface area contributed by atoms with Gasteiger partial charge in [0.05, 0.1) is 0 Å². The molecule has 0 N–H and O–H groups in total. The molecule has 0 aliphatic carbocycles. The maximum Gasteiger partial charge on any atom is 0.0159 e. The zero-order chi connectivity index (χ0) is 14.3. The van der Waals surface area contributed by atoms with Gasteiger partial charge in [-0.25, -0.2) is 0 Å². The largest absolute Gasteiger partial charge is 0.300 e. The van der Waals surface area contributed by atoms with Crippen molar-refractivity contribution in [3.63, 3.8) is 0 Å². The summed E-state index contributed by atoms with van der Waals surface area (Å²) in [6.07, 6.45) is 14.3. The predicted octanol–water partition coefficient (Wildman–Crippen LogP) is 6.01. The lowest BCUT2D eigenvalue weighted by Gasteiger charge is -2.25. The molecule has 2 heteroatoms. The first-order chi connectivity index (χ1) is 9.22. The van der Waals surface area contributed by atoms with Gasteiger partial charge in [0, 0.05) is 17.9 Å². The molecule has 0 amide bonds. The molecule has 0 aromatic carbocycles. The van der Waals surface area contributed by atoms with Crippen molar-refractivity contribution in [1.29, 1.82) is 0 Å². The summed E-state index contributed by atoms with van der Waals surface area (Å²) >= 11 is 3.55. The standard InChI is InChI=1S/C17H36BrN/c1-4-5-6-7-8-9-10-11-12-13-15-19(16-14-18)17(2)3/h17H,4-16H2,1-3H3. The molecule has 0 fully saturated rings. The van der Waals surface area contributed by atoms with Crippen LogP contribution in [0.3, 0.4) is 0 Å². The zero-order valence-electron chi connectivity index (χ0n) is 13.6. The molecule has 0 bridgehead atoms. The first kappa shape index (κ1) is 19.4. The lowest BCUT2D eigenvalue weighted by molar-refractivity contribution is 0.230. The number of hydrogen-bond acceptors (Lipinski definition) is 1. The molecule has 0 spiro atoms.